The van der Waals surface area contributed by atoms with Crippen LogP contribution in [0.25, 0.3) is 0 Å². The van der Waals surface area contributed by atoms with Gasteiger partial charge in [-0.05, 0) is 38.5 Å². The summed E-state index contributed by atoms with van der Waals surface area (Å²) in [5.74, 6) is -2.40. The van der Waals surface area contributed by atoms with E-state index in [9.17, 15) is 23.8 Å². The first-order valence-electron chi connectivity index (χ1n) is 20.7. The third-order valence-electron chi connectivity index (χ3n) is 9.01. The van der Waals surface area contributed by atoms with Crippen LogP contribution < -0.4 is 5.73 Å². The summed E-state index contributed by atoms with van der Waals surface area (Å²) in [6.45, 7) is 2.78. The Morgan fingerprint density at radius 2 is 0.962 bits per heavy atom. The quantitative estimate of drug-likeness (QED) is 0.0235. The van der Waals surface area contributed by atoms with Gasteiger partial charge in [0.2, 0.25) is 0 Å². The number of aliphatic carboxylic acids is 1. The van der Waals surface area contributed by atoms with E-state index < -0.39 is 51.1 Å². The second kappa shape index (κ2) is 36.2. The molecule has 0 fully saturated rings. The fourth-order valence-corrected chi connectivity index (χ4v) is 6.48. The minimum atomic E-state index is -4.71. The fraction of sp³-hybridized carbons (Fsp3) is 0.875. The number of phosphoric ester groups is 1. The molecule has 4 N–H and O–H groups in total. The van der Waals surface area contributed by atoms with Crippen molar-refractivity contribution < 1.29 is 47.5 Å². The third-order valence-corrected chi connectivity index (χ3v) is 9.96. The maximum Gasteiger partial charge on any atom is 0.472 e. The van der Waals surface area contributed by atoms with Gasteiger partial charge in [-0.3, -0.25) is 23.4 Å². The molecule has 0 aliphatic rings. The van der Waals surface area contributed by atoms with Crippen molar-refractivity contribution in [2.45, 2.75) is 206 Å². The Morgan fingerprint density at radius 3 is 1.44 bits per heavy atom. The number of rotatable bonds is 39. The van der Waals surface area contributed by atoms with Crippen LogP contribution >= 0.6 is 7.82 Å². The topological polar surface area (TPSA) is 172 Å². The second-order valence-corrected chi connectivity index (χ2v) is 15.6. The van der Waals surface area contributed by atoms with E-state index in [2.05, 4.69) is 30.5 Å². The van der Waals surface area contributed by atoms with Crippen molar-refractivity contribution in [2.75, 3.05) is 19.8 Å². The van der Waals surface area contributed by atoms with Gasteiger partial charge in [0.25, 0.3) is 0 Å². The van der Waals surface area contributed by atoms with E-state index in [4.69, 9.17) is 24.8 Å². The Morgan fingerprint density at radius 1 is 0.577 bits per heavy atom. The second-order valence-electron chi connectivity index (χ2n) is 14.1. The maximum absolute atomic E-state index is 12.6. The summed E-state index contributed by atoms with van der Waals surface area (Å²) < 4.78 is 32.6. The number of hydrogen-bond acceptors (Lipinski definition) is 9. The zero-order chi connectivity index (χ0) is 38.5. The van der Waals surface area contributed by atoms with Gasteiger partial charge in [0, 0.05) is 12.8 Å². The fourth-order valence-electron chi connectivity index (χ4n) is 5.71. The summed E-state index contributed by atoms with van der Waals surface area (Å²) in [5, 5.41) is 8.87. The van der Waals surface area contributed by atoms with Crippen molar-refractivity contribution in [3.8, 4) is 0 Å². The Bertz CT molecular complexity index is 947. The van der Waals surface area contributed by atoms with E-state index >= 15 is 0 Å². The Hall–Kier alpha value is -1.78. The molecule has 0 rings (SSSR count). The molecule has 0 spiro atoms. The Balaban J connectivity index is 4.40. The molecule has 0 aromatic rings. The molecule has 0 bridgehead atoms. The van der Waals surface area contributed by atoms with Gasteiger partial charge in [0.1, 0.15) is 12.6 Å². The van der Waals surface area contributed by atoms with Crippen LogP contribution in [0.15, 0.2) is 12.2 Å². The zero-order valence-corrected chi connectivity index (χ0v) is 33.8. The molecular formula is C40H76NO10P. The van der Waals surface area contributed by atoms with Crippen LogP contribution in [0, 0.1) is 0 Å². The number of carboxylic acid groups (broad SMARTS) is 1. The number of esters is 2. The van der Waals surface area contributed by atoms with E-state index in [-0.39, 0.29) is 19.4 Å². The van der Waals surface area contributed by atoms with Crippen LogP contribution in [0.4, 0.5) is 0 Å². The van der Waals surface area contributed by atoms with Gasteiger partial charge in [-0.25, -0.2) is 4.57 Å². The number of carbonyl (C=O) groups is 3. The van der Waals surface area contributed by atoms with Gasteiger partial charge in [-0.15, -0.1) is 0 Å². The van der Waals surface area contributed by atoms with Crippen molar-refractivity contribution in [1.29, 1.82) is 0 Å². The zero-order valence-electron chi connectivity index (χ0n) is 32.9. The lowest BCUT2D eigenvalue weighted by atomic mass is 10.0. The predicted octanol–water partition coefficient (Wildman–Crippen LogP) is 10.5. The molecule has 0 saturated carbocycles. The summed E-state index contributed by atoms with van der Waals surface area (Å²) in [4.78, 5) is 45.8. The molecule has 11 nitrogen and oxygen atoms in total. The van der Waals surface area contributed by atoms with Crippen molar-refractivity contribution >= 4 is 25.7 Å². The molecule has 0 amide bonds. The molecule has 12 heteroatoms. The van der Waals surface area contributed by atoms with Gasteiger partial charge in [0.05, 0.1) is 13.2 Å². The molecule has 0 aromatic carbocycles. The third kappa shape index (κ3) is 35.3. The summed E-state index contributed by atoms with van der Waals surface area (Å²) >= 11 is 0. The Labute approximate surface area is 316 Å². The number of nitrogens with two attached hydrogens (primary N) is 1. The lowest BCUT2D eigenvalue weighted by Gasteiger charge is -2.20. The summed E-state index contributed by atoms with van der Waals surface area (Å²) in [6, 6.07) is -1.52. The number of carbonyl (C=O) groups excluding carboxylic acids is 2. The SMILES string of the molecule is CCCCCCCCCCC/C=C/CCCCC(=O)OC[C@H](COP(=O)(O)OC[C@H](N)C(=O)O)OC(=O)CCCCCCCCCCCCCCC. The van der Waals surface area contributed by atoms with E-state index in [0.29, 0.717) is 12.8 Å². The lowest BCUT2D eigenvalue weighted by Crippen LogP contribution is -2.34. The van der Waals surface area contributed by atoms with Crippen LogP contribution in [-0.2, 0) is 37.5 Å². The van der Waals surface area contributed by atoms with E-state index in [1.165, 1.54) is 116 Å². The average molecular weight is 762 g/mol. The number of phosphoric acid groups is 1. The van der Waals surface area contributed by atoms with Crippen LogP contribution in [0.1, 0.15) is 194 Å². The highest BCUT2D eigenvalue weighted by molar-refractivity contribution is 7.47. The minimum Gasteiger partial charge on any atom is -0.480 e. The number of ether oxygens (including phenoxy) is 2. The van der Waals surface area contributed by atoms with Gasteiger partial charge >= 0.3 is 25.7 Å². The first kappa shape index (κ1) is 50.2. The predicted molar refractivity (Wildman–Crippen MR) is 208 cm³/mol. The molecule has 0 aromatic heterocycles. The molecule has 306 valence electrons. The minimum absolute atomic E-state index is 0.162. The molecule has 3 atom stereocenters. The standard InChI is InChI=1S/C40H76NO10P/c1-3-5-7-9-11-13-15-17-18-20-21-23-25-27-29-31-38(42)48-33-36(34-49-52(46,47)50-35-37(41)40(44)45)51-39(43)32-30-28-26-24-22-19-16-14-12-10-8-6-4-2/h21,23,36-37H,3-20,22,24-35,41H2,1-2H3,(H,44,45)(H,46,47)/b23-21+/t36-,37+/m1/s1. The van der Waals surface area contributed by atoms with Crippen LogP contribution in [0.2, 0.25) is 0 Å². The molecule has 0 saturated heterocycles. The maximum atomic E-state index is 12.6. The molecule has 1 unspecified atom stereocenters. The average Bonchev–Trinajstić information content (AvgIpc) is 3.12. The summed E-state index contributed by atoms with van der Waals surface area (Å²) in [7, 11) is -4.71. The largest absolute Gasteiger partial charge is 0.480 e. The van der Waals surface area contributed by atoms with Crippen LogP contribution in [0.3, 0.4) is 0 Å². The number of unbranched alkanes of at least 4 members (excludes halogenated alkanes) is 23. The molecule has 52 heavy (non-hydrogen) atoms. The van der Waals surface area contributed by atoms with E-state index in [0.717, 1.165) is 38.5 Å². The number of allylic oxidation sites excluding steroid dienone is 2. The molecule has 0 radical (unpaired) electrons. The normalized spacial score (nSPS) is 13.9. The molecule has 0 aliphatic heterocycles. The highest BCUT2D eigenvalue weighted by Gasteiger charge is 2.28. The van der Waals surface area contributed by atoms with Crippen molar-refractivity contribution in [3.05, 3.63) is 12.2 Å². The summed E-state index contributed by atoms with van der Waals surface area (Å²) in [5.41, 5.74) is 5.32. The smallest absolute Gasteiger partial charge is 0.472 e. The van der Waals surface area contributed by atoms with Gasteiger partial charge in [-0.2, -0.15) is 0 Å². The van der Waals surface area contributed by atoms with Crippen LogP contribution in [0.5, 0.6) is 0 Å². The van der Waals surface area contributed by atoms with E-state index in [1.54, 1.807) is 0 Å². The van der Waals surface area contributed by atoms with Crippen molar-refractivity contribution in [3.63, 3.8) is 0 Å². The van der Waals surface area contributed by atoms with Crippen LogP contribution in [-0.4, -0.2) is 59.9 Å². The number of hydrogen-bond donors (Lipinski definition) is 3. The molecule has 0 aliphatic carbocycles. The van der Waals surface area contributed by atoms with Crippen molar-refractivity contribution in [2.24, 2.45) is 5.73 Å². The first-order valence-corrected chi connectivity index (χ1v) is 22.2. The Kier molecular flexibility index (Phi) is 35.0. The molecular weight excluding hydrogens is 685 g/mol. The highest BCUT2D eigenvalue weighted by atomic mass is 31.2. The van der Waals surface area contributed by atoms with Gasteiger partial charge in [-0.1, -0.05) is 154 Å². The first-order chi connectivity index (χ1) is 25.1. The van der Waals surface area contributed by atoms with Gasteiger partial charge < -0.3 is 25.2 Å². The van der Waals surface area contributed by atoms with Gasteiger partial charge in [0.15, 0.2) is 6.10 Å². The highest BCUT2D eigenvalue weighted by Crippen LogP contribution is 2.43. The van der Waals surface area contributed by atoms with E-state index in [1.807, 2.05) is 0 Å². The monoisotopic (exact) mass is 762 g/mol. The van der Waals surface area contributed by atoms with Crippen molar-refractivity contribution in [1.82, 2.24) is 0 Å². The molecule has 0 heterocycles. The lowest BCUT2D eigenvalue weighted by molar-refractivity contribution is -0.161. The number of carboxylic acids is 1. The summed E-state index contributed by atoms with van der Waals surface area (Å²) in [6.07, 6.45) is 34.2.